The molecule has 0 saturated carbocycles. The SMILES string of the molecule is CC(c1ccccc1Cl)N(C)Cc1occc1CN. The van der Waals surface area contributed by atoms with Crippen LogP contribution in [-0.2, 0) is 13.1 Å². The van der Waals surface area contributed by atoms with Gasteiger partial charge in [0.05, 0.1) is 12.8 Å². The van der Waals surface area contributed by atoms with Gasteiger partial charge in [-0.2, -0.15) is 0 Å². The minimum absolute atomic E-state index is 0.212. The monoisotopic (exact) mass is 278 g/mol. The van der Waals surface area contributed by atoms with Crippen LogP contribution in [0.25, 0.3) is 0 Å². The van der Waals surface area contributed by atoms with Crippen LogP contribution in [0, 0.1) is 0 Å². The number of rotatable bonds is 5. The minimum atomic E-state index is 0.212. The Kier molecular flexibility index (Phi) is 4.64. The molecule has 102 valence electrons. The van der Waals surface area contributed by atoms with Gasteiger partial charge in [-0.3, -0.25) is 4.90 Å². The molecule has 0 radical (unpaired) electrons. The second kappa shape index (κ2) is 6.24. The Hall–Kier alpha value is -1.29. The largest absolute Gasteiger partial charge is 0.468 e. The summed E-state index contributed by atoms with van der Waals surface area (Å²) in [7, 11) is 2.05. The number of benzene rings is 1. The van der Waals surface area contributed by atoms with Gasteiger partial charge in [-0.25, -0.2) is 0 Å². The number of nitrogens with two attached hydrogens (primary N) is 1. The highest BCUT2D eigenvalue weighted by Crippen LogP contribution is 2.27. The van der Waals surface area contributed by atoms with Gasteiger partial charge in [0.25, 0.3) is 0 Å². The minimum Gasteiger partial charge on any atom is -0.468 e. The van der Waals surface area contributed by atoms with E-state index < -0.39 is 0 Å². The van der Waals surface area contributed by atoms with Crippen LogP contribution in [0.3, 0.4) is 0 Å². The van der Waals surface area contributed by atoms with Gasteiger partial charge in [-0.1, -0.05) is 29.8 Å². The number of hydrogen-bond donors (Lipinski definition) is 1. The molecule has 0 fully saturated rings. The lowest BCUT2D eigenvalue weighted by molar-refractivity contribution is 0.231. The maximum absolute atomic E-state index is 6.23. The van der Waals surface area contributed by atoms with E-state index in [1.165, 1.54) is 0 Å². The summed E-state index contributed by atoms with van der Waals surface area (Å²) in [5, 5.41) is 0.792. The molecule has 0 bridgehead atoms. The highest BCUT2D eigenvalue weighted by Gasteiger charge is 2.16. The molecule has 0 spiro atoms. The van der Waals surface area contributed by atoms with Gasteiger partial charge < -0.3 is 10.2 Å². The van der Waals surface area contributed by atoms with E-state index in [-0.39, 0.29) is 6.04 Å². The smallest absolute Gasteiger partial charge is 0.122 e. The van der Waals surface area contributed by atoms with Gasteiger partial charge in [0.15, 0.2) is 0 Å². The van der Waals surface area contributed by atoms with Crippen LogP contribution in [0.2, 0.25) is 5.02 Å². The van der Waals surface area contributed by atoms with Gasteiger partial charge in [-0.15, -0.1) is 0 Å². The lowest BCUT2D eigenvalue weighted by Gasteiger charge is -2.25. The molecule has 19 heavy (non-hydrogen) atoms. The molecule has 1 atom stereocenters. The van der Waals surface area contributed by atoms with E-state index in [0.717, 1.165) is 21.9 Å². The summed E-state index contributed by atoms with van der Waals surface area (Å²) < 4.78 is 5.49. The molecule has 2 rings (SSSR count). The molecule has 2 N–H and O–H groups in total. The maximum Gasteiger partial charge on any atom is 0.122 e. The first-order valence-corrected chi connectivity index (χ1v) is 6.71. The maximum atomic E-state index is 6.23. The van der Waals surface area contributed by atoms with Gasteiger partial charge >= 0.3 is 0 Å². The number of hydrogen-bond acceptors (Lipinski definition) is 3. The van der Waals surface area contributed by atoms with Crippen molar-refractivity contribution in [2.24, 2.45) is 5.73 Å². The fourth-order valence-electron chi connectivity index (χ4n) is 2.10. The Labute approximate surface area is 119 Å². The predicted octanol–water partition coefficient (Wildman–Crippen LogP) is 3.58. The Balaban J connectivity index is 2.12. The second-order valence-electron chi connectivity index (χ2n) is 4.69. The van der Waals surface area contributed by atoms with Crippen molar-refractivity contribution in [3.8, 4) is 0 Å². The van der Waals surface area contributed by atoms with Crippen molar-refractivity contribution >= 4 is 11.6 Å². The summed E-state index contributed by atoms with van der Waals surface area (Å²) in [5.41, 5.74) is 7.85. The molecule has 2 aromatic rings. The second-order valence-corrected chi connectivity index (χ2v) is 5.09. The van der Waals surface area contributed by atoms with Gasteiger partial charge in [0.1, 0.15) is 5.76 Å². The average Bonchev–Trinajstić information content (AvgIpc) is 2.85. The predicted molar refractivity (Wildman–Crippen MR) is 77.9 cm³/mol. The Morgan fingerprint density at radius 1 is 1.32 bits per heavy atom. The first-order chi connectivity index (χ1) is 9.13. The molecule has 0 amide bonds. The molecule has 3 nitrogen and oxygen atoms in total. The van der Waals surface area contributed by atoms with E-state index in [1.807, 2.05) is 24.3 Å². The van der Waals surface area contributed by atoms with E-state index in [2.05, 4.69) is 24.9 Å². The van der Waals surface area contributed by atoms with Crippen LogP contribution < -0.4 is 5.73 Å². The fourth-order valence-corrected chi connectivity index (χ4v) is 2.40. The van der Waals surface area contributed by atoms with E-state index in [0.29, 0.717) is 13.1 Å². The Bertz CT molecular complexity index is 538. The topological polar surface area (TPSA) is 42.4 Å². The van der Waals surface area contributed by atoms with Crippen LogP contribution in [0.5, 0.6) is 0 Å². The molecule has 0 aliphatic rings. The van der Waals surface area contributed by atoms with Crippen LogP contribution in [0.1, 0.15) is 29.9 Å². The van der Waals surface area contributed by atoms with Crippen molar-refractivity contribution in [3.05, 3.63) is 58.5 Å². The number of halogens is 1. The molecular formula is C15H19ClN2O. The first kappa shape index (κ1) is 14.1. The van der Waals surface area contributed by atoms with Crippen LogP contribution >= 0.6 is 11.6 Å². The third kappa shape index (κ3) is 3.18. The van der Waals surface area contributed by atoms with E-state index in [4.69, 9.17) is 21.8 Å². The average molecular weight is 279 g/mol. The standard InChI is InChI=1S/C15H19ClN2O/c1-11(13-5-3-4-6-14(13)16)18(2)10-15-12(9-17)7-8-19-15/h3-8,11H,9-10,17H2,1-2H3. The summed E-state index contributed by atoms with van der Waals surface area (Å²) in [6, 6.07) is 10.0. The Morgan fingerprint density at radius 2 is 2.05 bits per heavy atom. The zero-order valence-electron chi connectivity index (χ0n) is 11.3. The molecule has 1 unspecified atom stereocenters. The van der Waals surface area contributed by atoms with Crippen LogP contribution in [-0.4, -0.2) is 11.9 Å². The third-order valence-corrected chi connectivity index (χ3v) is 3.81. The summed E-state index contributed by atoms with van der Waals surface area (Å²) in [4.78, 5) is 2.19. The van der Waals surface area contributed by atoms with Crippen LogP contribution in [0.4, 0.5) is 0 Å². The summed E-state index contributed by atoms with van der Waals surface area (Å²) >= 11 is 6.23. The van der Waals surface area contributed by atoms with Crippen molar-refractivity contribution in [2.75, 3.05) is 7.05 Å². The van der Waals surface area contributed by atoms with E-state index >= 15 is 0 Å². The van der Waals surface area contributed by atoms with E-state index in [1.54, 1.807) is 6.26 Å². The highest BCUT2D eigenvalue weighted by atomic mass is 35.5. The highest BCUT2D eigenvalue weighted by molar-refractivity contribution is 6.31. The molecule has 0 aliphatic carbocycles. The normalized spacial score (nSPS) is 12.9. The van der Waals surface area contributed by atoms with Gasteiger partial charge in [0.2, 0.25) is 0 Å². The first-order valence-electron chi connectivity index (χ1n) is 6.33. The van der Waals surface area contributed by atoms with Crippen molar-refractivity contribution in [1.82, 2.24) is 4.90 Å². The lowest BCUT2D eigenvalue weighted by atomic mass is 10.1. The van der Waals surface area contributed by atoms with Gasteiger partial charge in [0, 0.05) is 23.2 Å². The van der Waals surface area contributed by atoms with Gasteiger partial charge in [-0.05, 0) is 31.7 Å². The summed E-state index contributed by atoms with van der Waals surface area (Å²) in [6.07, 6.45) is 1.69. The summed E-state index contributed by atoms with van der Waals surface area (Å²) in [5.74, 6) is 0.920. The molecule has 4 heteroatoms. The Morgan fingerprint density at radius 3 is 2.74 bits per heavy atom. The summed E-state index contributed by atoms with van der Waals surface area (Å²) in [6.45, 7) is 3.35. The van der Waals surface area contributed by atoms with Crippen molar-refractivity contribution < 1.29 is 4.42 Å². The van der Waals surface area contributed by atoms with E-state index in [9.17, 15) is 0 Å². The molecular weight excluding hydrogens is 260 g/mol. The van der Waals surface area contributed by atoms with Crippen molar-refractivity contribution in [3.63, 3.8) is 0 Å². The third-order valence-electron chi connectivity index (χ3n) is 3.47. The lowest BCUT2D eigenvalue weighted by Crippen LogP contribution is -2.22. The fraction of sp³-hybridized carbons (Fsp3) is 0.333. The van der Waals surface area contributed by atoms with Crippen molar-refractivity contribution in [1.29, 1.82) is 0 Å². The molecule has 1 aromatic carbocycles. The quantitative estimate of drug-likeness (QED) is 0.909. The molecule has 0 aliphatic heterocycles. The molecule has 0 saturated heterocycles. The number of furan rings is 1. The zero-order chi connectivity index (χ0) is 13.8. The van der Waals surface area contributed by atoms with Crippen LogP contribution in [0.15, 0.2) is 41.0 Å². The van der Waals surface area contributed by atoms with Crippen molar-refractivity contribution in [2.45, 2.75) is 26.1 Å². The number of nitrogens with zero attached hydrogens (tertiary/aromatic N) is 1. The zero-order valence-corrected chi connectivity index (χ0v) is 12.0. The molecule has 1 heterocycles. The molecule has 1 aromatic heterocycles.